The van der Waals surface area contributed by atoms with Crippen LogP contribution in [0.4, 0.5) is 30.5 Å². The van der Waals surface area contributed by atoms with Crippen LogP contribution < -0.4 is 15.1 Å². The number of piperazine rings is 1. The lowest BCUT2D eigenvalue weighted by atomic mass is 9.96. The number of rotatable bonds is 3. The highest BCUT2D eigenvalue weighted by Crippen LogP contribution is 2.29. The molecule has 9 heteroatoms. The summed E-state index contributed by atoms with van der Waals surface area (Å²) in [5.74, 6) is 0.938. The van der Waals surface area contributed by atoms with Crippen LogP contribution in [0.25, 0.3) is 0 Å². The van der Waals surface area contributed by atoms with Crippen LogP contribution >= 0.6 is 0 Å². The molecule has 0 spiro atoms. The maximum Gasteiger partial charge on any atom is 0.417 e. The van der Waals surface area contributed by atoms with Gasteiger partial charge in [-0.15, -0.1) is 0 Å². The van der Waals surface area contributed by atoms with Crippen LogP contribution in [0.3, 0.4) is 0 Å². The number of nitrogens with one attached hydrogen (secondary N) is 1. The lowest BCUT2D eigenvalue weighted by Crippen LogP contribution is -2.46. The first-order valence-corrected chi connectivity index (χ1v) is 9.35. The van der Waals surface area contributed by atoms with Crippen molar-refractivity contribution in [2.75, 3.05) is 41.3 Å². The van der Waals surface area contributed by atoms with Gasteiger partial charge >= 0.3 is 6.18 Å². The van der Waals surface area contributed by atoms with Gasteiger partial charge in [0.05, 0.1) is 17.4 Å². The maximum atomic E-state index is 12.7. The molecule has 0 aliphatic carbocycles. The molecule has 1 aliphatic heterocycles. The Hall–Kier alpha value is -2.84. The first-order chi connectivity index (χ1) is 13.5. The van der Waals surface area contributed by atoms with E-state index in [2.05, 4.69) is 20.2 Å². The highest BCUT2D eigenvalue weighted by atomic mass is 19.4. The molecule has 6 nitrogen and oxygen atoms in total. The highest BCUT2D eigenvalue weighted by molar-refractivity contribution is 5.93. The zero-order valence-corrected chi connectivity index (χ0v) is 16.6. The second-order valence-electron chi connectivity index (χ2n) is 7.98. The van der Waals surface area contributed by atoms with Gasteiger partial charge in [-0.1, -0.05) is 20.8 Å². The number of carbonyl (C=O) groups excluding carboxylic acids is 1. The Labute approximate surface area is 167 Å². The van der Waals surface area contributed by atoms with Crippen molar-refractivity contribution in [2.24, 2.45) is 5.41 Å². The summed E-state index contributed by atoms with van der Waals surface area (Å²) < 4.78 is 38.0. The molecule has 1 saturated heterocycles. The first kappa shape index (κ1) is 20.9. The van der Waals surface area contributed by atoms with Gasteiger partial charge in [0.2, 0.25) is 5.91 Å². The van der Waals surface area contributed by atoms with Crippen LogP contribution in [0, 0.1) is 5.41 Å². The fourth-order valence-electron chi connectivity index (χ4n) is 2.89. The van der Waals surface area contributed by atoms with Crippen LogP contribution in [0.2, 0.25) is 0 Å². The summed E-state index contributed by atoms with van der Waals surface area (Å²) in [5, 5.41) is 2.79. The second-order valence-corrected chi connectivity index (χ2v) is 7.98. The number of nitrogens with zero attached hydrogens (tertiary/aromatic N) is 4. The average molecular weight is 407 g/mol. The molecule has 0 aromatic carbocycles. The molecule has 1 N–H and O–H groups in total. The molecule has 1 fully saturated rings. The van der Waals surface area contributed by atoms with Crippen molar-refractivity contribution in [2.45, 2.75) is 26.9 Å². The topological polar surface area (TPSA) is 61.4 Å². The van der Waals surface area contributed by atoms with Crippen LogP contribution in [-0.2, 0) is 11.0 Å². The monoisotopic (exact) mass is 407 g/mol. The smallest absolute Gasteiger partial charge is 0.367 e. The molecule has 2 aromatic rings. The van der Waals surface area contributed by atoms with E-state index in [4.69, 9.17) is 0 Å². The standard InChI is InChI=1S/C20H24F3N5O/c1-19(2,3)18(29)26-16-6-5-15(13-24-16)27-8-10-28(11-9-27)17-7-4-14(12-25-17)20(21,22)23/h4-7,12-13H,8-11H2,1-3H3,(H,24,26,29). The fraction of sp³-hybridized carbons (Fsp3) is 0.450. The third kappa shape index (κ3) is 5.16. The van der Waals surface area contributed by atoms with Crippen molar-refractivity contribution >= 4 is 23.2 Å². The Bertz CT molecular complexity index is 836. The number of carbonyl (C=O) groups is 1. The molecule has 29 heavy (non-hydrogen) atoms. The van der Waals surface area contributed by atoms with Gasteiger partial charge in [0.1, 0.15) is 11.6 Å². The lowest BCUT2D eigenvalue weighted by Gasteiger charge is -2.36. The van der Waals surface area contributed by atoms with Gasteiger partial charge < -0.3 is 15.1 Å². The van der Waals surface area contributed by atoms with Crippen molar-refractivity contribution in [1.82, 2.24) is 9.97 Å². The molecule has 3 heterocycles. The van der Waals surface area contributed by atoms with Crippen molar-refractivity contribution in [1.29, 1.82) is 0 Å². The number of alkyl halides is 3. The summed E-state index contributed by atoms with van der Waals surface area (Å²) in [4.78, 5) is 24.4. The summed E-state index contributed by atoms with van der Waals surface area (Å²) in [6.45, 7) is 8.17. The Morgan fingerprint density at radius 2 is 1.59 bits per heavy atom. The van der Waals surface area contributed by atoms with E-state index in [1.165, 1.54) is 6.07 Å². The van der Waals surface area contributed by atoms with Gasteiger partial charge in [-0.3, -0.25) is 4.79 Å². The quantitative estimate of drug-likeness (QED) is 0.839. The Balaban J connectivity index is 1.57. The summed E-state index contributed by atoms with van der Waals surface area (Å²) in [6.07, 6.45) is -1.80. The number of hydrogen-bond acceptors (Lipinski definition) is 5. The molecule has 0 saturated carbocycles. The molecule has 1 aliphatic rings. The normalized spacial score (nSPS) is 15.4. The number of hydrogen-bond donors (Lipinski definition) is 1. The average Bonchev–Trinajstić information content (AvgIpc) is 2.67. The lowest BCUT2D eigenvalue weighted by molar-refractivity contribution is -0.137. The van der Waals surface area contributed by atoms with Crippen molar-refractivity contribution in [3.63, 3.8) is 0 Å². The Kier molecular flexibility index (Phi) is 5.68. The summed E-state index contributed by atoms with van der Waals surface area (Å²) >= 11 is 0. The Morgan fingerprint density at radius 3 is 2.07 bits per heavy atom. The van der Waals surface area contributed by atoms with Crippen LogP contribution in [-0.4, -0.2) is 42.1 Å². The Morgan fingerprint density at radius 1 is 0.931 bits per heavy atom. The maximum absolute atomic E-state index is 12.7. The molecule has 156 valence electrons. The van der Waals surface area contributed by atoms with Gasteiger partial charge in [0.25, 0.3) is 0 Å². The van der Waals surface area contributed by atoms with E-state index < -0.39 is 17.2 Å². The molecule has 1 amide bonds. The third-order valence-electron chi connectivity index (χ3n) is 4.71. The molecular formula is C20H24F3N5O. The minimum absolute atomic E-state index is 0.101. The molecule has 3 rings (SSSR count). The van der Waals surface area contributed by atoms with E-state index >= 15 is 0 Å². The van der Waals surface area contributed by atoms with E-state index in [1.54, 1.807) is 12.3 Å². The van der Waals surface area contributed by atoms with Gasteiger partial charge in [-0.2, -0.15) is 13.2 Å². The van der Waals surface area contributed by atoms with Crippen LogP contribution in [0.5, 0.6) is 0 Å². The van der Waals surface area contributed by atoms with Crippen LogP contribution in [0.1, 0.15) is 26.3 Å². The van der Waals surface area contributed by atoms with E-state index in [9.17, 15) is 18.0 Å². The summed E-state index contributed by atoms with van der Waals surface area (Å²) in [6, 6.07) is 6.13. The number of pyridine rings is 2. The zero-order valence-electron chi connectivity index (χ0n) is 16.6. The van der Waals surface area contributed by atoms with Gasteiger partial charge in [0, 0.05) is 37.8 Å². The number of amides is 1. The number of anilines is 3. The van der Waals surface area contributed by atoms with E-state index in [0.29, 0.717) is 37.8 Å². The molecular weight excluding hydrogens is 383 g/mol. The minimum atomic E-state index is -4.38. The highest BCUT2D eigenvalue weighted by Gasteiger charge is 2.31. The van der Waals surface area contributed by atoms with Crippen molar-refractivity contribution < 1.29 is 18.0 Å². The third-order valence-corrected chi connectivity index (χ3v) is 4.71. The summed E-state index contributed by atoms with van der Waals surface area (Å²) in [5.41, 5.74) is -0.313. The molecule has 0 unspecified atom stereocenters. The van der Waals surface area contributed by atoms with Gasteiger partial charge in [-0.05, 0) is 24.3 Å². The molecule has 0 bridgehead atoms. The number of halogens is 3. The first-order valence-electron chi connectivity index (χ1n) is 9.35. The van der Waals surface area contributed by atoms with Gasteiger partial charge in [-0.25, -0.2) is 9.97 Å². The van der Waals surface area contributed by atoms with Crippen molar-refractivity contribution in [3.8, 4) is 0 Å². The molecule has 0 atom stereocenters. The largest absolute Gasteiger partial charge is 0.417 e. The molecule has 2 aromatic heterocycles. The second kappa shape index (κ2) is 7.88. The predicted octanol–water partition coefficient (Wildman–Crippen LogP) is 3.81. The fourth-order valence-corrected chi connectivity index (χ4v) is 2.89. The predicted molar refractivity (Wildman–Crippen MR) is 106 cm³/mol. The molecule has 0 radical (unpaired) electrons. The van der Waals surface area contributed by atoms with Crippen molar-refractivity contribution in [3.05, 3.63) is 42.2 Å². The van der Waals surface area contributed by atoms with E-state index in [0.717, 1.165) is 18.0 Å². The number of aromatic nitrogens is 2. The SMILES string of the molecule is CC(C)(C)C(=O)Nc1ccc(N2CCN(c3ccc(C(F)(F)F)cn3)CC2)cn1. The minimum Gasteiger partial charge on any atom is -0.367 e. The van der Waals surface area contributed by atoms with Crippen LogP contribution in [0.15, 0.2) is 36.7 Å². The van der Waals surface area contributed by atoms with E-state index in [-0.39, 0.29) is 5.91 Å². The summed E-state index contributed by atoms with van der Waals surface area (Å²) in [7, 11) is 0. The van der Waals surface area contributed by atoms with E-state index in [1.807, 2.05) is 31.7 Å². The van der Waals surface area contributed by atoms with Gasteiger partial charge in [0.15, 0.2) is 0 Å². The zero-order chi connectivity index (χ0) is 21.2.